The summed E-state index contributed by atoms with van der Waals surface area (Å²) in [7, 11) is 0. The number of urea groups is 1. The number of hydrogen-bond donors (Lipinski definition) is 0. The van der Waals surface area contributed by atoms with Crippen molar-refractivity contribution in [2.24, 2.45) is 0 Å². The van der Waals surface area contributed by atoms with Crippen LogP contribution >= 0.6 is 0 Å². The normalized spacial score (nSPS) is 16.0. The zero-order valence-corrected chi connectivity index (χ0v) is 7.32. The Bertz CT molecular complexity index is 240. The highest BCUT2D eigenvalue weighted by atomic mass is 16.2. The number of amides is 3. The SMILES string of the molecule is C=CCN(C([NH])=O)N1CCCC1=O. The van der Waals surface area contributed by atoms with Crippen LogP contribution in [0.4, 0.5) is 4.79 Å². The van der Waals surface area contributed by atoms with Crippen molar-refractivity contribution in [3.8, 4) is 0 Å². The van der Waals surface area contributed by atoms with Crippen molar-refractivity contribution in [1.82, 2.24) is 15.8 Å². The van der Waals surface area contributed by atoms with E-state index in [1.807, 2.05) is 0 Å². The molecule has 1 fully saturated rings. The second-order valence-corrected chi connectivity index (χ2v) is 2.80. The molecule has 1 aliphatic heterocycles. The zero-order chi connectivity index (χ0) is 9.84. The van der Waals surface area contributed by atoms with Gasteiger partial charge >= 0.3 is 6.03 Å². The van der Waals surface area contributed by atoms with Gasteiger partial charge in [0.25, 0.3) is 0 Å². The molecule has 1 aliphatic rings. The van der Waals surface area contributed by atoms with E-state index in [0.717, 1.165) is 11.4 Å². The summed E-state index contributed by atoms with van der Waals surface area (Å²) >= 11 is 0. The Hall–Kier alpha value is -1.52. The van der Waals surface area contributed by atoms with E-state index in [2.05, 4.69) is 6.58 Å². The molecule has 0 saturated carbocycles. The van der Waals surface area contributed by atoms with Crippen LogP contribution < -0.4 is 5.73 Å². The fraction of sp³-hybridized carbons (Fsp3) is 0.500. The van der Waals surface area contributed by atoms with Crippen molar-refractivity contribution in [1.29, 1.82) is 0 Å². The first kappa shape index (κ1) is 9.57. The molecule has 1 heterocycles. The molecule has 0 spiro atoms. The Kier molecular flexibility index (Phi) is 2.89. The van der Waals surface area contributed by atoms with E-state index in [9.17, 15) is 9.59 Å². The average Bonchev–Trinajstić information content (AvgIpc) is 2.47. The Labute approximate surface area is 76.8 Å². The second-order valence-electron chi connectivity index (χ2n) is 2.80. The molecule has 3 amide bonds. The summed E-state index contributed by atoms with van der Waals surface area (Å²) in [5.41, 5.74) is 6.94. The van der Waals surface area contributed by atoms with Gasteiger partial charge in [0.15, 0.2) is 0 Å². The number of rotatable bonds is 3. The summed E-state index contributed by atoms with van der Waals surface area (Å²) in [4.78, 5) is 22.0. The molecule has 5 nitrogen and oxygen atoms in total. The predicted octanol–water partition coefficient (Wildman–Crippen LogP) is 0.415. The molecule has 13 heavy (non-hydrogen) atoms. The van der Waals surface area contributed by atoms with Gasteiger partial charge in [-0.05, 0) is 6.42 Å². The maximum Gasteiger partial charge on any atom is 0.355 e. The van der Waals surface area contributed by atoms with Crippen LogP contribution in [0, 0.1) is 0 Å². The summed E-state index contributed by atoms with van der Waals surface area (Å²) in [6, 6.07) is -0.866. The lowest BCUT2D eigenvalue weighted by molar-refractivity contribution is -0.138. The Balaban J connectivity index is 2.68. The first-order chi connectivity index (χ1) is 6.16. The number of hydrazine groups is 1. The van der Waals surface area contributed by atoms with Crippen LogP contribution in [0.15, 0.2) is 12.7 Å². The number of nitrogens with one attached hydrogen (secondary N) is 1. The highest BCUT2D eigenvalue weighted by molar-refractivity contribution is 5.81. The monoisotopic (exact) mass is 182 g/mol. The molecule has 5 heteroatoms. The molecule has 0 bridgehead atoms. The van der Waals surface area contributed by atoms with Crippen molar-refractivity contribution < 1.29 is 9.59 Å². The van der Waals surface area contributed by atoms with Crippen LogP contribution in [-0.4, -0.2) is 35.0 Å². The summed E-state index contributed by atoms with van der Waals surface area (Å²) in [6.45, 7) is 4.21. The number of nitrogens with zero attached hydrogens (tertiary/aromatic N) is 2. The summed E-state index contributed by atoms with van der Waals surface area (Å²) < 4.78 is 0. The topological polar surface area (TPSA) is 64.4 Å². The van der Waals surface area contributed by atoms with E-state index in [1.54, 1.807) is 0 Å². The fourth-order valence-corrected chi connectivity index (χ4v) is 1.30. The van der Waals surface area contributed by atoms with Crippen LogP contribution in [-0.2, 0) is 4.79 Å². The molecule has 1 N–H and O–H groups in total. The van der Waals surface area contributed by atoms with Gasteiger partial charge in [0.05, 0.1) is 6.54 Å². The molecule has 1 rings (SSSR count). The van der Waals surface area contributed by atoms with Crippen molar-refractivity contribution in [2.75, 3.05) is 13.1 Å². The minimum Gasteiger partial charge on any atom is -0.273 e. The summed E-state index contributed by atoms with van der Waals surface area (Å²) in [6.07, 6.45) is 2.71. The molecular formula is C8H12N3O2. The second kappa shape index (κ2) is 3.93. The maximum absolute atomic E-state index is 11.2. The fourth-order valence-electron chi connectivity index (χ4n) is 1.30. The van der Waals surface area contributed by atoms with Crippen LogP contribution in [0.5, 0.6) is 0 Å². The van der Waals surface area contributed by atoms with Gasteiger partial charge in [-0.15, -0.1) is 6.58 Å². The predicted molar refractivity (Wildman–Crippen MR) is 46.3 cm³/mol. The number of carbonyl (C=O) groups excluding carboxylic acids is 2. The van der Waals surface area contributed by atoms with Gasteiger partial charge in [0, 0.05) is 13.0 Å². The Morgan fingerprint density at radius 1 is 1.77 bits per heavy atom. The first-order valence-electron chi connectivity index (χ1n) is 4.11. The van der Waals surface area contributed by atoms with Crippen molar-refractivity contribution in [2.45, 2.75) is 12.8 Å². The Morgan fingerprint density at radius 2 is 2.46 bits per heavy atom. The Morgan fingerprint density at radius 3 is 2.85 bits per heavy atom. The summed E-state index contributed by atoms with van der Waals surface area (Å²) in [5.74, 6) is -0.0950. The number of hydrogen-bond acceptors (Lipinski definition) is 2. The van der Waals surface area contributed by atoms with Gasteiger partial charge in [-0.2, -0.15) is 0 Å². The van der Waals surface area contributed by atoms with E-state index < -0.39 is 6.03 Å². The molecule has 71 valence electrons. The van der Waals surface area contributed by atoms with Gasteiger partial charge in [-0.1, -0.05) is 6.08 Å². The van der Waals surface area contributed by atoms with Crippen LogP contribution in [0.1, 0.15) is 12.8 Å². The van der Waals surface area contributed by atoms with Crippen LogP contribution in [0.2, 0.25) is 0 Å². The third kappa shape index (κ3) is 1.99. The largest absolute Gasteiger partial charge is 0.355 e. The minimum atomic E-state index is -0.866. The molecule has 0 atom stereocenters. The van der Waals surface area contributed by atoms with E-state index in [0.29, 0.717) is 13.0 Å². The standard InChI is InChI=1S/C8H12N3O2/c1-2-5-11(8(9)13)10-6-3-4-7(10)12/h2,9H,1,3-6H2. The molecule has 0 aromatic carbocycles. The third-order valence-corrected chi connectivity index (χ3v) is 1.88. The van der Waals surface area contributed by atoms with Gasteiger partial charge in [-0.25, -0.2) is 20.5 Å². The lowest BCUT2D eigenvalue weighted by atomic mass is 10.4. The lowest BCUT2D eigenvalue weighted by Gasteiger charge is -2.28. The van der Waals surface area contributed by atoms with Crippen molar-refractivity contribution >= 4 is 11.9 Å². The molecule has 0 aliphatic carbocycles. The van der Waals surface area contributed by atoms with Gasteiger partial charge in [0.2, 0.25) is 5.91 Å². The molecule has 1 saturated heterocycles. The number of carbonyl (C=O) groups is 2. The van der Waals surface area contributed by atoms with E-state index in [4.69, 9.17) is 5.73 Å². The van der Waals surface area contributed by atoms with E-state index in [-0.39, 0.29) is 12.5 Å². The molecule has 0 aromatic heterocycles. The smallest absolute Gasteiger partial charge is 0.273 e. The quantitative estimate of drug-likeness (QED) is 0.593. The maximum atomic E-state index is 11.2. The molecule has 0 aromatic rings. The highest BCUT2D eigenvalue weighted by Crippen LogP contribution is 2.12. The molecule has 1 radical (unpaired) electrons. The van der Waals surface area contributed by atoms with E-state index in [1.165, 1.54) is 11.1 Å². The van der Waals surface area contributed by atoms with Crippen molar-refractivity contribution in [3.63, 3.8) is 0 Å². The van der Waals surface area contributed by atoms with Crippen LogP contribution in [0.25, 0.3) is 0 Å². The van der Waals surface area contributed by atoms with E-state index >= 15 is 0 Å². The van der Waals surface area contributed by atoms with Gasteiger partial charge in [-0.3, -0.25) is 4.79 Å². The first-order valence-corrected chi connectivity index (χ1v) is 4.11. The van der Waals surface area contributed by atoms with Gasteiger partial charge in [0.1, 0.15) is 0 Å². The van der Waals surface area contributed by atoms with Crippen molar-refractivity contribution in [3.05, 3.63) is 12.7 Å². The highest BCUT2D eigenvalue weighted by Gasteiger charge is 2.27. The zero-order valence-electron chi connectivity index (χ0n) is 7.32. The third-order valence-electron chi connectivity index (χ3n) is 1.88. The average molecular weight is 182 g/mol. The minimum absolute atomic E-state index is 0.0950. The lowest BCUT2D eigenvalue weighted by Crippen LogP contribution is -2.47. The summed E-state index contributed by atoms with van der Waals surface area (Å²) in [5, 5.41) is 2.42. The molecular weight excluding hydrogens is 170 g/mol. The van der Waals surface area contributed by atoms with Crippen LogP contribution in [0.3, 0.4) is 0 Å². The van der Waals surface area contributed by atoms with Gasteiger partial charge < -0.3 is 0 Å². The molecule has 0 unspecified atom stereocenters.